The predicted octanol–water partition coefficient (Wildman–Crippen LogP) is 1.72. The Kier molecular flexibility index (Phi) is 7.69. The number of hydrogen-bond acceptors (Lipinski definition) is 3. The molecular formula is C10H21NO2. The van der Waals surface area contributed by atoms with E-state index in [1.54, 1.807) is 0 Å². The molecule has 0 radical (unpaired) electrons. The van der Waals surface area contributed by atoms with E-state index in [9.17, 15) is 4.79 Å². The lowest BCUT2D eigenvalue weighted by Gasteiger charge is -2.11. The van der Waals surface area contributed by atoms with Gasteiger partial charge in [0, 0.05) is 6.04 Å². The maximum Gasteiger partial charge on any atom is 0.307 e. The van der Waals surface area contributed by atoms with Gasteiger partial charge in [0.15, 0.2) is 0 Å². The highest BCUT2D eigenvalue weighted by atomic mass is 16.5. The van der Waals surface area contributed by atoms with E-state index >= 15 is 0 Å². The third kappa shape index (κ3) is 7.78. The van der Waals surface area contributed by atoms with Gasteiger partial charge in [0.2, 0.25) is 0 Å². The van der Waals surface area contributed by atoms with Crippen molar-refractivity contribution in [2.24, 2.45) is 0 Å². The molecule has 0 aromatic heterocycles. The minimum Gasteiger partial charge on any atom is -0.469 e. The van der Waals surface area contributed by atoms with Gasteiger partial charge in [-0.1, -0.05) is 19.8 Å². The average molecular weight is 187 g/mol. The van der Waals surface area contributed by atoms with Crippen LogP contribution in [0.15, 0.2) is 0 Å². The second kappa shape index (κ2) is 8.05. The van der Waals surface area contributed by atoms with Gasteiger partial charge in [0.25, 0.3) is 0 Å². The van der Waals surface area contributed by atoms with Crippen LogP contribution >= 0.6 is 0 Å². The van der Waals surface area contributed by atoms with Gasteiger partial charge in [-0.3, -0.25) is 4.79 Å². The van der Waals surface area contributed by atoms with Gasteiger partial charge in [-0.05, 0) is 19.9 Å². The Morgan fingerprint density at radius 1 is 1.46 bits per heavy atom. The molecule has 0 saturated heterocycles. The topological polar surface area (TPSA) is 38.3 Å². The zero-order valence-corrected chi connectivity index (χ0v) is 8.93. The molecule has 1 unspecified atom stereocenters. The van der Waals surface area contributed by atoms with Crippen LogP contribution in [0.2, 0.25) is 0 Å². The van der Waals surface area contributed by atoms with Crippen LogP contribution in [0.25, 0.3) is 0 Å². The molecule has 0 heterocycles. The Balaban J connectivity index is 3.29. The lowest BCUT2D eigenvalue weighted by atomic mass is 10.2. The minimum atomic E-state index is -0.143. The summed E-state index contributed by atoms with van der Waals surface area (Å²) in [6, 6.07) is 0.226. The molecule has 0 saturated carbocycles. The SMILES string of the molecule is CCCCCNC(C)CC(=O)OC. The van der Waals surface area contributed by atoms with Crippen molar-refractivity contribution in [3.05, 3.63) is 0 Å². The highest BCUT2D eigenvalue weighted by Gasteiger charge is 2.07. The fraction of sp³-hybridized carbons (Fsp3) is 0.900. The molecule has 0 aliphatic carbocycles. The van der Waals surface area contributed by atoms with Crippen LogP contribution in [0.5, 0.6) is 0 Å². The Labute approximate surface area is 80.8 Å². The van der Waals surface area contributed by atoms with E-state index in [4.69, 9.17) is 0 Å². The van der Waals surface area contributed by atoms with Crippen LogP contribution in [0.4, 0.5) is 0 Å². The highest BCUT2D eigenvalue weighted by molar-refractivity contribution is 5.69. The zero-order valence-electron chi connectivity index (χ0n) is 8.93. The molecule has 0 aromatic carbocycles. The molecule has 3 nitrogen and oxygen atoms in total. The minimum absolute atomic E-state index is 0.143. The summed E-state index contributed by atoms with van der Waals surface area (Å²) in [6.07, 6.45) is 4.12. The van der Waals surface area contributed by atoms with E-state index in [1.807, 2.05) is 6.92 Å². The molecule has 1 N–H and O–H groups in total. The number of hydrogen-bond donors (Lipinski definition) is 1. The smallest absolute Gasteiger partial charge is 0.307 e. The zero-order chi connectivity index (χ0) is 10.1. The lowest BCUT2D eigenvalue weighted by molar-refractivity contribution is -0.141. The van der Waals surface area contributed by atoms with Crippen molar-refractivity contribution in [3.8, 4) is 0 Å². The summed E-state index contributed by atoms with van der Waals surface area (Å²) in [4.78, 5) is 10.8. The Morgan fingerprint density at radius 2 is 2.15 bits per heavy atom. The van der Waals surface area contributed by atoms with E-state index in [2.05, 4.69) is 17.0 Å². The molecule has 0 aromatic rings. The maximum absolute atomic E-state index is 10.8. The molecule has 0 aliphatic heterocycles. The monoisotopic (exact) mass is 187 g/mol. The number of nitrogens with one attached hydrogen (secondary N) is 1. The summed E-state index contributed by atoms with van der Waals surface area (Å²) in [5.41, 5.74) is 0. The van der Waals surface area contributed by atoms with Crippen molar-refractivity contribution in [3.63, 3.8) is 0 Å². The van der Waals surface area contributed by atoms with Crippen LogP contribution in [0.3, 0.4) is 0 Å². The summed E-state index contributed by atoms with van der Waals surface area (Å²) in [5.74, 6) is -0.143. The van der Waals surface area contributed by atoms with Gasteiger partial charge < -0.3 is 10.1 Å². The van der Waals surface area contributed by atoms with Crippen molar-refractivity contribution >= 4 is 5.97 Å². The normalized spacial score (nSPS) is 12.5. The molecule has 78 valence electrons. The first kappa shape index (κ1) is 12.4. The second-order valence-electron chi connectivity index (χ2n) is 3.34. The van der Waals surface area contributed by atoms with Crippen molar-refractivity contribution in [2.45, 2.75) is 45.6 Å². The summed E-state index contributed by atoms with van der Waals surface area (Å²) >= 11 is 0. The standard InChI is InChI=1S/C10H21NO2/c1-4-5-6-7-11-9(2)8-10(12)13-3/h9,11H,4-8H2,1-3H3. The lowest BCUT2D eigenvalue weighted by Crippen LogP contribution is -2.29. The first-order chi connectivity index (χ1) is 6.20. The number of methoxy groups -OCH3 is 1. The number of rotatable bonds is 7. The fourth-order valence-corrected chi connectivity index (χ4v) is 1.13. The molecule has 13 heavy (non-hydrogen) atoms. The van der Waals surface area contributed by atoms with E-state index in [1.165, 1.54) is 26.4 Å². The van der Waals surface area contributed by atoms with Gasteiger partial charge in [-0.2, -0.15) is 0 Å². The predicted molar refractivity (Wildman–Crippen MR) is 53.6 cm³/mol. The van der Waals surface area contributed by atoms with Crippen molar-refractivity contribution in [1.29, 1.82) is 0 Å². The van der Waals surface area contributed by atoms with E-state index in [0.717, 1.165) is 6.54 Å². The van der Waals surface area contributed by atoms with Crippen LogP contribution in [0, 0.1) is 0 Å². The Morgan fingerprint density at radius 3 is 2.69 bits per heavy atom. The quantitative estimate of drug-likeness (QED) is 0.487. The van der Waals surface area contributed by atoms with E-state index < -0.39 is 0 Å². The van der Waals surface area contributed by atoms with Crippen LogP contribution < -0.4 is 5.32 Å². The van der Waals surface area contributed by atoms with Crippen LogP contribution in [0.1, 0.15) is 39.5 Å². The molecule has 0 aliphatic rings. The van der Waals surface area contributed by atoms with Crippen LogP contribution in [-0.2, 0) is 9.53 Å². The molecule has 0 spiro atoms. The molecule has 0 amide bonds. The summed E-state index contributed by atoms with van der Waals surface area (Å²) in [6.45, 7) is 5.17. The molecule has 0 bridgehead atoms. The third-order valence-corrected chi connectivity index (χ3v) is 1.97. The summed E-state index contributed by atoms with van der Waals surface area (Å²) in [7, 11) is 1.42. The van der Waals surface area contributed by atoms with Gasteiger partial charge in [-0.15, -0.1) is 0 Å². The Hall–Kier alpha value is -0.570. The van der Waals surface area contributed by atoms with Crippen molar-refractivity contribution < 1.29 is 9.53 Å². The van der Waals surface area contributed by atoms with Gasteiger partial charge in [0.05, 0.1) is 13.5 Å². The number of carbonyl (C=O) groups is 1. The molecule has 0 rings (SSSR count). The molecule has 3 heteroatoms. The molecule has 0 fully saturated rings. The third-order valence-electron chi connectivity index (χ3n) is 1.97. The molecular weight excluding hydrogens is 166 g/mol. The first-order valence-electron chi connectivity index (χ1n) is 5.00. The number of esters is 1. The number of unbranched alkanes of at least 4 members (excludes halogenated alkanes) is 2. The summed E-state index contributed by atoms with van der Waals surface area (Å²) < 4.78 is 4.57. The average Bonchev–Trinajstić information content (AvgIpc) is 2.12. The fourth-order valence-electron chi connectivity index (χ4n) is 1.13. The second-order valence-corrected chi connectivity index (χ2v) is 3.34. The van der Waals surface area contributed by atoms with Gasteiger partial charge >= 0.3 is 5.97 Å². The van der Waals surface area contributed by atoms with Crippen LogP contribution in [-0.4, -0.2) is 25.7 Å². The van der Waals surface area contributed by atoms with Crippen molar-refractivity contribution in [1.82, 2.24) is 5.32 Å². The Bertz CT molecular complexity index is 137. The number of ether oxygens (including phenoxy) is 1. The maximum atomic E-state index is 10.8. The summed E-state index contributed by atoms with van der Waals surface area (Å²) in [5, 5.41) is 3.28. The highest BCUT2D eigenvalue weighted by Crippen LogP contribution is 1.95. The number of carbonyl (C=O) groups excluding carboxylic acids is 1. The largest absolute Gasteiger partial charge is 0.469 e. The van der Waals surface area contributed by atoms with Gasteiger partial charge in [-0.25, -0.2) is 0 Å². The van der Waals surface area contributed by atoms with E-state index in [-0.39, 0.29) is 12.0 Å². The van der Waals surface area contributed by atoms with E-state index in [0.29, 0.717) is 6.42 Å². The van der Waals surface area contributed by atoms with Gasteiger partial charge in [0.1, 0.15) is 0 Å². The van der Waals surface area contributed by atoms with Crippen molar-refractivity contribution in [2.75, 3.05) is 13.7 Å². The molecule has 1 atom stereocenters. The first-order valence-corrected chi connectivity index (χ1v) is 5.00.